The van der Waals surface area contributed by atoms with Gasteiger partial charge in [-0.1, -0.05) is 35.9 Å². The summed E-state index contributed by atoms with van der Waals surface area (Å²) in [6.45, 7) is 3.22. The first-order chi connectivity index (χ1) is 11.5. The van der Waals surface area contributed by atoms with Crippen molar-refractivity contribution in [2.45, 2.75) is 20.0 Å². The summed E-state index contributed by atoms with van der Waals surface area (Å²) >= 11 is 6.23. The van der Waals surface area contributed by atoms with E-state index in [1.54, 1.807) is 6.07 Å². The Morgan fingerprint density at radius 1 is 1.25 bits per heavy atom. The van der Waals surface area contributed by atoms with Gasteiger partial charge < -0.3 is 20.5 Å². The van der Waals surface area contributed by atoms with Gasteiger partial charge in [0, 0.05) is 13.1 Å². The summed E-state index contributed by atoms with van der Waals surface area (Å²) in [5.41, 5.74) is 8.54. The topological polar surface area (TPSA) is 73.6 Å². The van der Waals surface area contributed by atoms with Gasteiger partial charge in [0.2, 0.25) is 0 Å². The lowest BCUT2D eigenvalue weighted by Gasteiger charge is -2.14. The second kappa shape index (κ2) is 8.57. The van der Waals surface area contributed by atoms with Gasteiger partial charge in [0.15, 0.2) is 18.1 Å². The van der Waals surface area contributed by atoms with Crippen LogP contribution in [0, 0.1) is 6.92 Å². The number of nitrogens with two attached hydrogens (primary N) is 1. The number of carbonyl (C=O) groups excluding carboxylic acids is 1. The van der Waals surface area contributed by atoms with Crippen LogP contribution in [-0.4, -0.2) is 19.6 Å². The first kappa shape index (κ1) is 18.1. The van der Waals surface area contributed by atoms with E-state index in [9.17, 15) is 4.79 Å². The van der Waals surface area contributed by atoms with Crippen molar-refractivity contribution in [1.29, 1.82) is 0 Å². The van der Waals surface area contributed by atoms with Crippen LogP contribution in [0.5, 0.6) is 11.5 Å². The van der Waals surface area contributed by atoms with Gasteiger partial charge in [0.25, 0.3) is 5.91 Å². The van der Waals surface area contributed by atoms with Crippen molar-refractivity contribution in [3.05, 3.63) is 58.1 Å². The molecular formula is C18H21ClN2O3. The number of primary amides is 1. The Balaban J connectivity index is 2.04. The summed E-state index contributed by atoms with van der Waals surface area (Å²) in [5.74, 6) is 0.217. The summed E-state index contributed by atoms with van der Waals surface area (Å²) in [5, 5.41) is 3.76. The Hall–Kier alpha value is -2.24. The van der Waals surface area contributed by atoms with Crippen LogP contribution in [0.1, 0.15) is 16.7 Å². The van der Waals surface area contributed by atoms with Crippen molar-refractivity contribution in [3.8, 4) is 11.5 Å². The molecule has 0 aliphatic heterocycles. The van der Waals surface area contributed by atoms with Crippen molar-refractivity contribution in [3.63, 3.8) is 0 Å². The van der Waals surface area contributed by atoms with E-state index in [2.05, 4.69) is 24.4 Å². The zero-order valence-electron chi connectivity index (χ0n) is 13.8. The van der Waals surface area contributed by atoms with E-state index in [-0.39, 0.29) is 6.61 Å². The molecule has 2 aromatic rings. The van der Waals surface area contributed by atoms with E-state index >= 15 is 0 Å². The number of halogens is 1. The number of methoxy groups -OCH3 is 1. The Labute approximate surface area is 146 Å². The number of aryl methyl sites for hydroxylation is 1. The molecule has 0 saturated heterocycles. The second-order valence-corrected chi connectivity index (χ2v) is 5.80. The van der Waals surface area contributed by atoms with Crippen molar-refractivity contribution in [2.75, 3.05) is 13.7 Å². The quantitative estimate of drug-likeness (QED) is 0.769. The van der Waals surface area contributed by atoms with E-state index < -0.39 is 5.91 Å². The summed E-state index contributed by atoms with van der Waals surface area (Å²) in [7, 11) is 1.52. The van der Waals surface area contributed by atoms with Gasteiger partial charge in [-0.3, -0.25) is 4.79 Å². The minimum Gasteiger partial charge on any atom is -0.493 e. The number of nitrogens with one attached hydrogen (secondary N) is 1. The van der Waals surface area contributed by atoms with Gasteiger partial charge in [-0.25, -0.2) is 0 Å². The first-order valence-electron chi connectivity index (χ1n) is 7.54. The molecule has 128 valence electrons. The SMILES string of the molecule is COc1cc(CNCc2ccccc2C)cc(Cl)c1OCC(N)=O. The minimum atomic E-state index is -0.572. The normalized spacial score (nSPS) is 10.5. The van der Waals surface area contributed by atoms with Crippen LogP contribution in [0.2, 0.25) is 5.02 Å². The molecule has 2 rings (SSSR count). The highest BCUT2D eigenvalue weighted by molar-refractivity contribution is 6.32. The fraction of sp³-hybridized carbons (Fsp3) is 0.278. The molecule has 0 saturated carbocycles. The summed E-state index contributed by atoms with van der Waals surface area (Å²) in [6, 6.07) is 11.8. The van der Waals surface area contributed by atoms with Gasteiger partial charge in [-0.15, -0.1) is 0 Å². The summed E-state index contributed by atoms with van der Waals surface area (Å²) in [4.78, 5) is 10.9. The highest BCUT2D eigenvalue weighted by Crippen LogP contribution is 2.36. The standard InChI is InChI=1S/C18H21ClN2O3/c1-12-5-3-4-6-14(12)10-21-9-13-7-15(19)18(16(8-13)23-2)24-11-17(20)22/h3-8,21H,9-11H2,1-2H3,(H2,20,22). The van der Waals surface area contributed by atoms with Crippen LogP contribution >= 0.6 is 11.6 Å². The molecule has 0 atom stereocenters. The molecule has 0 spiro atoms. The van der Waals surface area contributed by atoms with Crippen molar-refractivity contribution >= 4 is 17.5 Å². The van der Waals surface area contributed by atoms with Crippen molar-refractivity contribution in [1.82, 2.24) is 5.32 Å². The second-order valence-electron chi connectivity index (χ2n) is 5.39. The predicted octanol–water partition coefficient (Wildman–Crippen LogP) is 2.81. The average Bonchev–Trinajstić information content (AvgIpc) is 2.55. The monoisotopic (exact) mass is 348 g/mol. The number of benzene rings is 2. The van der Waals surface area contributed by atoms with E-state index in [0.717, 1.165) is 12.1 Å². The maximum atomic E-state index is 10.9. The molecule has 6 heteroatoms. The molecule has 1 amide bonds. The molecule has 0 unspecified atom stereocenters. The highest BCUT2D eigenvalue weighted by Gasteiger charge is 2.13. The number of amides is 1. The van der Waals surface area contributed by atoms with Gasteiger partial charge in [0.05, 0.1) is 12.1 Å². The fourth-order valence-corrected chi connectivity index (χ4v) is 2.60. The molecular weight excluding hydrogens is 328 g/mol. The van der Waals surface area contributed by atoms with E-state index in [4.69, 9.17) is 26.8 Å². The lowest BCUT2D eigenvalue weighted by atomic mass is 10.1. The smallest absolute Gasteiger partial charge is 0.255 e. The molecule has 24 heavy (non-hydrogen) atoms. The van der Waals surface area contributed by atoms with Gasteiger partial charge >= 0.3 is 0 Å². The van der Waals surface area contributed by atoms with Gasteiger partial charge in [-0.05, 0) is 35.7 Å². The van der Waals surface area contributed by atoms with Crippen LogP contribution in [0.3, 0.4) is 0 Å². The molecule has 0 aromatic heterocycles. The third-order valence-corrected chi connectivity index (χ3v) is 3.83. The summed E-state index contributed by atoms with van der Waals surface area (Å²) < 4.78 is 10.6. The highest BCUT2D eigenvalue weighted by atomic mass is 35.5. The molecule has 0 heterocycles. The third kappa shape index (κ3) is 4.88. The number of rotatable bonds is 8. The molecule has 0 bridgehead atoms. The number of carbonyl (C=O) groups is 1. The minimum absolute atomic E-state index is 0.249. The fourth-order valence-electron chi connectivity index (χ4n) is 2.31. The Morgan fingerprint density at radius 2 is 2.00 bits per heavy atom. The van der Waals surface area contributed by atoms with Crippen molar-refractivity contribution < 1.29 is 14.3 Å². The first-order valence-corrected chi connectivity index (χ1v) is 7.91. The number of hydrogen-bond donors (Lipinski definition) is 2. The van der Waals surface area contributed by atoms with E-state index in [0.29, 0.717) is 23.1 Å². The van der Waals surface area contributed by atoms with Crippen LogP contribution < -0.4 is 20.5 Å². The summed E-state index contributed by atoms with van der Waals surface area (Å²) in [6.07, 6.45) is 0. The third-order valence-electron chi connectivity index (χ3n) is 3.55. The predicted molar refractivity (Wildman–Crippen MR) is 94.4 cm³/mol. The number of hydrogen-bond acceptors (Lipinski definition) is 4. The maximum Gasteiger partial charge on any atom is 0.255 e. The molecule has 0 fully saturated rings. The number of ether oxygens (including phenoxy) is 2. The maximum absolute atomic E-state index is 10.9. The Morgan fingerprint density at radius 3 is 2.67 bits per heavy atom. The van der Waals surface area contributed by atoms with Crippen molar-refractivity contribution in [2.24, 2.45) is 5.73 Å². The van der Waals surface area contributed by atoms with Crippen LogP contribution in [0.15, 0.2) is 36.4 Å². The molecule has 0 radical (unpaired) electrons. The Bertz CT molecular complexity index is 719. The van der Waals surface area contributed by atoms with Gasteiger partial charge in [0.1, 0.15) is 0 Å². The Kier molecular flexibility index (Phi) is 6.46. The van der Waals surface area contributed by atoms with E-state index in [1.807, 2.05) is 18.2 Å². The molecule has 3 N–H and O–H groups in total. The van der Waals surface area contributed by atoms with Gasteiger partial charge in [-0.2, -0.15) is 0 Å². The van der Waals surface area contributed by atoms with Crippen LogP contribution in [-0.2, 0) is 17.9 Å². The average molecular weight is 349 g/mol. The van der Waals surface area contributed by atoms with Crippen LogP contribution in [0.4, 0.5) is 0 Å². The van der Waals surface area contributed by atoms with Crippen LogP contribution in [0.25, 0.3) is 0 Å². The zero-order valence-corrected chi connectivity index (χ0v) is 14.5. The van der Waals surface area contributed by atoms with E-state index in [1.165, 1.54) is 18.2 Å². The molecule has 0 aliphatic rings. The lowest BCUT2D eigenvalue weighted by Crippen LogP contribution is -2.20. The molecule has 0 aliphatic carbocycles. The zero-order chi connectivity index (χ0) is 17.5. The molecule has 5 nitrogen and oxygen atoms in total. The largest absolute Gasteiger partial charge is 0.493 e. The molecule has 2 aromatic carbocycles. The lowest BCUT2D eigenvalue weighted by molar-refractivity contribution is -0.119.